The van der Waals surface area contributed by atoms with Gasteiger partial charge in [0, 0.05) is 18.7 Å². The van der Waals surface area contributed by atoms with E-state index in [0.29, 0.717) is 24.8 Å². The zero-order chi connectivity index (χ0) is 36.3. The Morgan fingerprint density at radius 3 is 2.36 bits per heavy atom. The van der Waals surface area contributed by atoms with E-state index in [0.717, 1.165) is 16.8 Å². The maximum atomic E-state index is 15.0. The standard InChI is InChI=1S/C40H51N3O7/c1-8-10-19-31(45)41-27(7)35(28-17-12-11-13-18-28)49-39(48)32-30-20-21-40(50-30)33(32)37(46)43(29(23-44)24(3)4)36(40)38(47)42(22-9-2)34-25(5)15-14-16-26(34)6/h8-9,11-18,24,27,29-30,32-33,35-36,44H,1-2,10,19-23H2,3-7H3,(H,41,45)/t27-,29+,30-,32+,33+,35-,36-,40+/m1/s1. The van der Waals surface area contributed by atoms with Gasteiger partial charge in [0.2, 0.25) is 11.8 Å². The molecular formula is C40H51N3O7. The van der Waals surface area contributed by atoms with Crippen molar-refractivity contribution in [3.8, 4) is 0 Å². The lowest BCUT2D eigenvalue weighted by molar-refractivity contribution is -0.162. The normalized spacial score (nSPS) is 25.5. The molecule has 3 amide bonds. The Bertz CT molecular complexity index is 1590. The number of hydrogen-bond donors (Lipinski definition) is 2. The van der Waals surface area contributed by atoms with E-state index in [4.69, 9.17) is 9.47 Å². The third-order valence-electron chi connectivity index (χ3n) is 10.6. The Balaban J connectivity index is 1.54. The summed E-state index contributed by atoms with van der Waals surface area (Å²) < 4.78 is 13.0. The number of hydrogen-bond acceptors (Lipinski definition) is 7. The van der Waals surface area contributed by atoms with Gasteiger partial charge in [-0.25, -0.2) is 0 Å². The summed E-state index contributed by atoms with van der Waals surface area (Å²) in [5, 5.41) is 13.6. The first-order chi connectivity index (χ1) is 23.9. The molecule has 3 heterocycles. The molecule has 3 aliphatic rings. The first kappa shape index (κ1) is 37.0. The predicted molar refractivity (Wildman–Crippen MR) is 191 cm³/mol. The molecule has 3 saturated heterocycles. The largest absolute Gasteiger partial charge is 0.455 e. The zero-order valence-corrected chi connectivity index (χ0v) is 29.8. The molecule has 50 heavy (non-hydrogen) atoms. The first-order valence-corrected chi connectivity index (χ1v) is 17.7. The number of esters is 1. The molecule has 2 bridgehead atoms. The van der Waals surface area contributed by atoms with Crippen LogP contribution in [0.15, 0.2) is 73.8 Å². The van der Waals surface area contributed by atoms with E-state index in [1.807, 2.05) is 76.2 Å². The molecule has 3 fully saturated rings. The van der Waals surface area contributed by atoms with Crippen LogP contribution in [0.25, 0.3) is 0 Å². The smallest absolute Gasteiger partial charge is 0.313 e. The van der Waals surface area contributed by atoms with Crippen molar-refractivity contribution in [2.75, 3.05) is 18.1 Å². The lowest BCUT2D eigenvalue weighted by Gasteiger charge is -2.41. The molecule has 8 atom stereocenters. The van der Waals surface area contributed by atoms with Crippen LogP contribution in [0.1, 0.15) is 69.2 Å². The Morgan fingerprint density at radius 2 is 1.76 bits per heavy atom. The number of ether oxygens (including phenoxy) is 2. The van der Waals surface area contributed by atoms with Crippen molar-refractivity contribution in [3.05, 3.63) is 90.5 Å². The fourth-order valence-electron chi connectivity index (χ4n) is 8.36. The van der Waals surface area contributed by atoms with Gasteiger partial charge < -0.3 is 29.7 Å². The highest BCUT2D eigenvalue weighted by atomic mass is 16.6. The van der Waals surface area contributed by atoms with Gasteiger partial charge in [-0.1, -0.05) is 74.5 Å². The third-order valence-corrected chi connectivity index (χ3v) is 10.6. The summed E-state index contributed by atoms with van der Waals surface area (Å²) in [5.74, 6) is -3.73. The molecule has 2 aromatic rings. The second kappa shape index (κ2) is 15.3. The minimum Gasteiger partial charge on any atom is -0.455 e. The van der Waals surface area contributed by atoms with Gasteiger partial charge in [0.05, 0.1) is 36.6 Å². The van der Waals surface area contributed by atoms with Gasteiger partial charge in [-0.2, -0.15) is 0 Å². The number of aryl methyl sites for hydroxylation is 2. The van der Waals surface area contributed by atoms with Crippen molar-refractivity contribution in [2.24, 2.45) is 17.8 Å². The second-order valence-electron chi connectivity index (χ2n) is 14.2. The first-order valence-electron chi connectivity index (χ1n) is 17.7. The molecule has 3 aliphatic heterocycles. The highest BCUT2D eigenvalue weighted by Crippen LogP contribution is 2.59. The van der Waals surface area contributed by atoms with Crippen LogP contribution in [0.4, 0.5) is 5.69 Å². The highest BCUT2D eigenvalue weighted by molar-refractivity contribution is 6.05. The molecule has 1 spiro atoms. The maximum absolute atomic E-state index is 15.0. The summed E-state index contributed by atoms with van der Waals surface area (Å²) in [4.78, 5) is 60.0. The number of allylic oxidation sites excluding steroid dienone is 1. The number of para-hydroxylation sites is 1. The molecule has 0 aromatic heterocycles. The van der Waals surface area contributed by atoms with E-state index in [2.05, 4.69) is 18.5 Å². The van der Waals surface area contributed by atoms with Crippen LogP contribution in [0.2, 0.25) is 0 Å². The Hall–Kier alpha value is -4.28. The van der Waals surface area contributed by atoms with Gasteiger partial charge in [0.15, 0.2) is 0 Å². The van der Waals surface area contributed by atoms with Crippen molar-refractivity contribution in [1.82, 2.24) is 10.2 Å². The number of likely N-dealkylation sites (tertiary alicyclic amines) is 1. The van der Waals surface area contributed by atoms with Crippen molar-refractivity contribution >= 4 is 29.4 Å². The summed E-state index contributed by atoms with van der Waals surface area (Å²) in [6.45, 7) is 16.9. The highest BCUT2D eigenvalue weighted by Gasteiger charge is 2.76. The summed E-state index contributed by atoms with van der Waals surface area (Å²) in [6, 6.07) is 12.6. The number of nitrogens with zero attached hydrogens (tertiary/aromatic N) is 2. The number of carbonyl (C=O) groups is 4. The number of rotatable bonds is 15. The predicted octanol–water partition coefficient (Wildman–Crippen LogP) is 4.97. The van der Waals surface area contributed by atoms with Gasteiger partial charge >= 0.3 is 5.97 Å². The van der Waals surface area contributed by atoms with Gasteiger partial charge in [-0.05, 0) is 62.6 Å². The van der Waals surface area contributed by atoms with E-state index in [1.165, 1.54) is 4.90 Å². The number of carbonyl (C=O) groups excluding carboxylic acids is 4. The van der Waals surface area contributed by atoms with Crippen LogP contribution >= 0.6 is 0 Å². The molecular weight excluding hydrogens is 634 g/mol. The van der Waals surface area contributed by atoms with Crippen molar-refractivity contribution in [3.63, 3.8) is 0 Å². The van der Waals surface area contributed by atoms with Gasteiger partial charge in [0.25, 0.3) is 5.91 Å². The number of benzene rings is 2. The maximum Gasteiger partial charge on any atom is 0.313 e. The van der Waals surface area contributed by atoms with Crippen LogP contribution < -0.4 is 10.2 Å². The van der Waals surface area contributed by atoms with Gasteiger partial charge in [0.1, 0.15) is 17.7 Å². The van der Waals surface area contributed by atoms with E-state index in [-0.39, 0.29) is 37.3 Å². The molecule has 0 aliphatic carbocycles. The monoisotopic (exact) mass is 685 g/mol. The fraction of sp³-hybridized carbons (Fsp3) is 0.500. The second-order valence-corrected chi connectivity index (χ2v) is 14.2. The molecule has 268 valence electrons. The summed E-state index contributed by atoms with van der Waals surface area (Å²) in [6.07, 6.45) is 3.46. The van der Waals surface area contributed by atoms with E-state index >= 15 is 4.79 Å². The lowest BCUT2D eigenvalue weighted by atomic mass is 9.70. The van der Waals surface area contributed by atoms with Gasteiger partial charge in [-0.3, -0.25) is 19.2 Å². The lowest BCUT2D eigenvalue weighted by Crippen LogP contribution is -2.60. The fourth-order valence-corrected chi connectivity index (χ4v) is 8.36. The Labute approximate surface area is 295 Å². The SMILES string of the molecule is C=CCCC(=O)N[C@H](C)[C@@H](OC(=O)[C@@H]1[C@H]2C(=O)N([C@@H](CO)C(C)C)[C@H](C(=O)N(CC=C)c3c(C)cccc3C)[C@]23CC[C@H]1O3)c1ccccc1. The van der Waals surface area contributed by atoms with Crippen LogP contribution in [-0.4, -0.2) is 76.7 Å². The Kier molecular flexibility index (Phi) is 11.3. The van der Waals surface area contributed by atoms with Crippen molar-refractivity contribution in [1.29, 1.82) is 0 Å². The molecule has 0 unspecified atom stereocenters. The number of aliphatic hydroxyl groups is 1. The zero-order valence-electron chi connectivity index (χ0n) is 29.8. The molecule has 2 aromatic carbocycles. The van der Waals surface area contributed by atoms with Crippen LogP contribution in [-0.2, 0) is 28.7 Å². The van der Waals surface area contributed by atoms with Crippen LogP contribution in [0.5, 0.6) is 0 Å². The molecule has 10 heteroatoms. The summed E-state index contributed by atoms with van der Waals surface area (Å²) in [7, 11) is 0. The Morgan fingerprint density at radius 1 is 1.08 bits per heavy atom. The topological polar surface area (TPSA) is 125 Å². The number of fused-ring (bicyclic) bond motifs is 1. The minimum atomic E-state index is -1.30. The van der Waals surface area contributed by atoms with Crippen molar-refractivity contribution < 1.29 is 33.8 Å². The summed E-state index contributed by atoms with van der Waals surface area (Å²) in [5.41, 5.74) is 1.91. The molecule has 0 saturated carbocycles. The van der Waals surface area contributed by atoms with Crippen LogP contribution in [0, 0.1) is 31.6 Å². The van der Waals surface area contributed by atoms with E-state index in [1.54, 1.807) is 24.0 Å². The summed E-state index contributed by atoms with van der Waals surface area (Å²) >= 11 is 0. The number of anilines is 1. The average Bonchev–Trinajstić information content (AvgIpc) is 3.73. The quantitative estimate of drug-likeness (QED) is 0.200. The number of aliphatic hydroxyl groups excluding tert-OH is 1. The van der Waals surface area contributed by atoms with Crippen LogP contribution in [0.3, 0.4) is 0 Å². The molecule has 0 radical (unpaired) electrons. The van der Waals surface area contributed by atoms with Crippen molar-refractivity contribution in [2.45, 2.75) is 96.2 Å². The third kappa shape index (κ3) is 6.63. The van der Waals surface area contributed by atoms with Gasteiger partial charge in [-0.15, -0.1) is 13.2 Å². The number of amides is 3. The average molecular weight is 686 g/mol. The molecule has 2 N–H and O–H groups in total. The molecule has 10 nitrogen and oxygen atoms in total. The minimum absolute atomic E-state index is 0.194. The van der Waals surface area contributed by atoms with E-state index in [9.17, 15) is 19.5 Å². The number of nitrogens with one attached hydrogen (secondary N) is 1. The van der Waals surface area contributed by atoms with E-state index < -0.39 is 59.6 Å². The molecule has 5 rings (SSSR count).